The van der Waals surface area contributed by atoms with Gasteiger partial charge in [-0.2, -0.15) is 0 Å². The van der Waals surface area contributed by atoms with Gasteiger partial charge in [0.1, 0.15) is 5.60 Å². The maximum Gasteiger partial charge on any atom is 0.102 e. The lowest BCUT2D eigenvalue weighted by Crippen LogP contribution is -2.43. The van der Waals surface area contributed by atoms with Crippen LogP contribution in [0.4, 0.5) is 0 Å². The van der Waals surface area contributed by atoms with Crippen molar-refractivity contribution in [3.05, 3.63) is 35.4 Å². The lowest BCUT2D eigenvalue weighted by molar-refractivity contribution is 0.0123. The maximum atomic E-state index is 10.5. The summed E-state index contributed by atoms with van der Waals surface area (Å²) in [6.07, 6.45) is 1.89. The Hall–Kier alpha value is -0.900. The standard InChI is InChI=1S/C14H22N2O/c1-16(2)10-12-4-6-13(7-5-12)14(17)8-3-9-15-11-14/h4-7,15,17H,3,8-11H2,1-2H3. The Labute approximate surface area is 103 Å². The zero-order chi connectivity index (χ0) is 12.3. The lowest BCUT2D eigenvalue weighted by atomic mass is 9.86. The van der Waals surface area contributed by atoms with Gasteiger partial charge in [0.25, 0.3) is 0 Å². The average molecular weight is 234 g/mol. The zero-order valence-electron chi connectivity index (χ0n) is 10.7. The van der Waals surface area contributed by atoms with Crippen LogP contribution in [0.15, 0.2) is 24.3 Å². The molecule has 0 radical (unpaired) electrons. The van der Waals surface area contributed by atoms with Crippen molar-refractivity contribution in [2.75, 3.05) is 27.2 Å². The normalized spacial score (nSPS) is 25.2. The van der Waals surface area contributed by atoms with Crippen LogP contribution in [0.3, 0.4) is 0 Å². The monoisotopic (exact) mass is 234 g/mol. The molecule has 1 unspecified atom stereocenters. The molecule has 1 aliphatic heterocycles. The molecule has 94 valence electrons. The van der Waals surface area contributed by atoms with Gasteiger partial charge in [-0.15, -0.1) is 0 Å². The minimum absolute atomic E-state index is 0.667. The van der Waals surface area contributed by atoms with Crippen molar-refractivity contribution in [1.29, 1.82) is 0 Å². The first kappa shape index (κ1) is 12.6. The van der Waals surface area contributed by atoms with Crippen LogP contribution in [0.2, 0.25) is 0 Å². The van der Waals surface area contributed by atoms with Gasteiger partial charge in [-0.3, -0.25) is 0 Å². The second kappa shape index (κ2) is 5.17. The molecule has 0 aromatic heterocycles. The highest BCUT2D eigenvalue weighted by molar-refractivity contribution is 5.28. The number of hydrogen-bond donors (Lipinski definition) is 2. The van der Waals surface area contributed by atoms with Gasteiger partial charge in [0.05, 0.1) is 0 Å². The highest BCUT2D eigenvalue weighted by Gasteiger charge is 2.30. The topological polar surface area (TPSA) is 35.5 Å². The van der Waals surface area contributed by atoms with E-state index in [4.69, 9.17) is 0 Å². The molecular formula is C14H22N2O. The fraction of sp³-hybridized carbons (Fsp3) is 0.571. The van der Waals surface area contributed by atoms with Crippen LogP contribution < -0.4 is 5.32 Å². The van der Waals surface area contributed by atoms with Gasteiger partial charge >= 0.3 is 0 Å². The smallest absolute Gasteiger partial charge is 0.102 e. The zero-order valence-corrected chi connectivity index (χ0v) is 10.7. The summed E-state index contributed by atoms with van der Waals surface area (Å²) >= 11 is 0. The average Bonchev–Trinajstić information content (AvgIpc) is 2.30. The maximum absolute atomic E-state index is 10.5. The van der Waals surface area contributed by atoms with Crippen LogP contribution in [0.5, 0.6) is 0 Å². The van der Waals surface area contributed by atoms with E-state index in [0.717, 1.165) is 31.5 Å². The van der Waals surface area contributed by atoms with E-state index in [1.807, 2.05) is 0 Å². The van der Waals surface area contributed by atoms with Crippen molar-refractivity contribution in [3.63, 3.8) is 0 Å². The molecule has 1 atom stereocenters. The highest BCUT2D eigenvalue weighted by atomic mass is 16.3. The quantitative estimate of drug-likeness (QED) is 0.828. The highest BCUT2D eigenvalue weighted by Crippen LogP contribution is 2.28. The number of aliphatic hydroxyl groups is 1. The number of rotatable bonds is 3. The molecule has 3 nitrogen and oxygen atoms in total. The van der Waals surface area contributed by atoms with Crippen molar-refractivity contribution in [1.82, 2.24) is 10.2 Å². The molecule has 2 rings (SSSR count). The Morgan fingerprint density at radius 2 is 2.00 bits per heavy atom. The summed E-state index contributed by atoms with van der Waals surface area (Å²) in [5, 5.41) is 13.8. The molecule has 1 heterocycles. The summed E-state index contributed by atoms with van der Waals surface area (Å²) in [7, 11) is 4.12. The molecule has 1 aromatic carbocycles. The minimum Gasteiger partial charge on any atom is -0.384 e. The predicted molar refractivity (Wildman–Crippen MR) is 69.8 cm³/mol. The van der Waals surface area contributed by atoms with Crippen molar-refractivity contribution in [2.45, 2.75) is 25.0 Å². The summed E-state index contributed by atoms with van der Waals surface area (Å²) in [5.41, 5.74) is 1.65. The van der Waals surface area contributed by atoms with Crippen LogP contribution >= 0.6 is 0 Å². The molecule has 0 saturated carbocycles. The van der Waals surface area contributed by atoms with E-state index in [1.165, 1.54) is 5.56 Å². The Morgan fingerprint density at radius 1 is 1.29 bits per heavy atom. The third-order valence-electron chi connectivity index (χ3n) is 3.35. The Morgan fingerprint density at radius 3 is 2.53 bits per heavy atom. The van der Waals surface area contributed by atoms with Gasteiger partial charge < -0.3 is 15.3 Å². The van der Waals surface area contributed by atoms with E-state index >= 15 is 0 Å². The SMILES string of the molecule is CN(C)Cc1ccc(C2(O)CCCNC2)cc1. The van der Waals surface area contributed by atoms with E-state index in [2.05, 4.69) is 48.6 Å². The first-order chi connectivity index (χ1) is 8.10. The van der Waals surface area contributed by atoms with E-state index < -0.39 is 5.60 Å². The number of piperidine rings is 1. The van der Waals surface area contributed by atoms with E-state index in [-0.39, 0.29) is 0 Å². The third kappa shape index (κ3) is 3.06. The van der Waals surface area contributed by atoms with Crippen LogP contribution in [0, 0.1) is 0 Å². The number of hydrogen-bond acceptors (Lipinski definition) is 3. The van der Waals surface area contributed by atoms with Crippen molar-refractivity contribution in [2.24, 2.45) is 0 Å². The Bertz CT molecular complexity index is 353. The molecule has 0 aliphatic carbocycles. The molecule has 1 aromatic rings. The minimum atomic E-state index is -0.672. The number of nitrogens with zero attached hydrogens (tertiary/aromatic N) is 1. The van der Waals surface area contributed by atoms with Crippen LogP contribution in [0.25, 0.3) is 0 Å². The lowest BCUT2D eigenvalue weighted by Gasteiger charge is -2.33. The third-order valence-corrected chi connectivity index (χ3v) is 3.35. The molecule has 0 spiro atoms. The fourth-order valence-electron chi connectivity index (χ4n) is 2.42. The van der Waals surface area contributed by atoms with Gasteiger partial charge in [-0.1, -0.05) is 24.3 Å². The Kier molecular flexibility index (Phi) is 3.82. The molecule has 1 saturated heterocycles. The number of benzene rings is 1. The summed E-state index contributed by atoms with van der Waals surface area (Å²) in [4.78, 5) is 2.14. The van der Waals surface area contributed by atoms with Gasteiger partial charge in [0.15, 0.2) is 0 Å². The van der Waals surface area contributed by atoms with Crippen molar-refractivity contribution in [3.8, 4) is 0 Å². The second-order valence-electron chi connectivity index (χ2n) is 5.25. The molecule has 1 aliphatic rings. The van der Waals surface area contributed by atoms with E-state index in [1.54, 1.807) is 0 Å². The van der Waals surface area contributed by atoms with Gasteiger partial charge in [-0.05, 0) is 44.6 Å². The van der Waals surface area contributed by atoms with Gasteiger partial charge in [-0.25, -0.2) is 0 Å². The molecule has 2 N–H and O–H groups in total. The van der Waals surface area contributed by atoms with Crippen molar-refractivity contribution < 1.29 is 5.11 Å². The first-order valence-corrected chi connectivity index (χ1v) is 6.27. The fourth-order valence-corrected chi connectivity index (χ4v) is 2.42. The molecule has 0 amide bonds. The largest absolute Gasteiger partial charge is 0.384 e. The predicted octanol–water partition coefficient (Wildman–Crippen LogP) is 1.32. The molecular weight excluding hydrogens is 212 g/mol. The Balaban J connectivity index is 2.11. The molecule has 3 heteroatoms. The van der Waals surface area contributed by atoms with Gasteiger partial charge in [0.2, 0.25) is 0 Å². The second-order valence-corrected chi connectivity index (χ2v) is 5.25. The van der Waals surface area contributed by atoms with Crippen molar-refractivity contribution >= 4 is 0 Å². The molecule has 17 heavy (non-hydrogen) atoms. The summed E-state index contributed by atoms with van der Waals surface area (Å²) < 4.78 is 0. The first-order valence-electron chi connectivity index (χ1n) is 6.27. The summed E-state index contributed by atoms with van der Waals surface area (Å²) in [6, 6.07) is 8.35. The summed E-state index contributed by atoms with van der Waals surface area (Å²) in [5.74, 6) is 0. The molecule has 1 fully saturated rings. The number of β-amino-alcohol motifs (C(OH)–C–C–N with tert-alkyl or cyclic N) is 1. The van der Waals surface area contributed by atoms with Crippen LogP contribution in [-0.2, 0) is 12.1 Å². The number of nitrogens with one attached hydrogen (secondary N) is 1. The van der Waals surface area contributed by atoms with E-state index in [0.29, 0.717) is 6.54 Å². The van der Waals surface area contributed by atoms with Crippen LogP contribution in [-0.4, -0.2) is 37.2 Å². The van der Waals surface area contributed by atoms with Gasteiger partial charge in [0, 0.05) is 13.1 Å². The van der Waals surface area contributed by atoms with E-state index in [9.17, 15) is 5.11 Å². The summed E-state index contributed by atoms with van der Waals surface area (Å²) in [6.45, 7) is 2.62. The van der Waals surface area contributed by atoms with Crippen LogP contribution in [0.1, 0.15) is 24.0 Å². The molecule has 0 bridgehead atoms.